The van der Waals surface area contributed by atoms with Gasteiger partial charge in [-0.2, -0.15) is 0 Å². The Bertz CT molecular complexity index is 910. The fourth-order valence-electron chi connectivity index (χ4n) is 3.62. The van der Waals surface area contributed by atoms with Crippen LogP contribution in [0.25, 0.3) is 0 Å². The van der Waals surface area contributed by atoms with Crippen LogP contribution in [0.1, 0.15) is 24.4 Å². The van der Waals surface area contributed by atoms with Crippen molar-refractivity contribution in [3.8, 4) is 0 Å². The van der Waals surface area contributed by atoms with E-state index in [2.05, 4.69) is 17.4 Å². The van der Waals surface area contributed by atoms with Gasteiger partial charge in [0.05, 0.1) is 29.5 Å². The number of likely N-dealkylation sites (tertiary alicyclic amines) is 1. The SMILES string of the molecule is CS(=O)(=O)c1ccc(NC[C@@H](c2ccccc2)[NH+]2CCCC2)c([N+](=O)[O-])c1. The summed E-state index contributed by atoms with van der Waals surface area (Å²) < 4.78 is 23.4. The summed E-state index contributed by atoms with van der Waals surface area (Å²) in [4.78, 5) is 12.3. The summed E-state index contributed by atoms with van der Waals surface area (Å²) in [6.45, 7) is 2.70. The minimum atomic E-state index is -3.50. The number of quaternary nitrogens is 1. The second-order valence-corrected chi connectivity index (χ2v) is 8.93. The Morgan fingerprint density at radius 2 is 1.81 bits per heavy atom. The molecule has 1 fully saturated rings. The third-order valence-corrected chi connectivity index (χ3v) is 6.14. The van der Waals surface area contributed by atoms with Gasteiger partial charge in [0, 0.05) is 30.7 Å². The van der Waals surface area contributed by atoms with E-state index in [0.29, 0.717) is 12.2 Å². The number of nitro groups is 1. The number of sulfone groups is 1. The van der Waals surface area contributed by atoms with Gasteiger partial charge in [-0.1, -0.05) is 30.3 Å². The highest BCUT2D eigenvalue weighted by Crippen LogP contribution is 2.28. The van der Waals surface area contributed by atoms with Gasteiger partial charge in [0.2, 0.25) is 0 Å². The Hall–Kier alpha value is -2.45. The van der Waals surface area contributed by atoms with E-state index in [1.165, 1.54) is 35.4 Å². The van der Waals surface area contributed by atoms with E-state index in [9.17, 15) is 18.5 Å². The largest absolute Gasteiger partial charge is 0.373 e. The van der Waals surface area contributed by atoms with E-state index >= 15 is 0 Å². The summed E-state index contributed by atoms with van der Waals surface area (Å²) in [5, 5.41) is 14.6. The highest BCUT2D eigenvalue weighted by molar-refractivity contribution is 7.90. The second-order valence-electron chi connectivity index (χ2n) is 6.92. The predicted molar refractivity (Wildman–Crippen MR) is 104 cm³/mol. The zero-order valence-corrected chi connectivity index (χ0v) is 16.0. The summed E-state index contributed by atoms with van der Waals surface area (Å²) >= 11 is 0. The van der Waals surface area contributed by atoms with Crippen molar-refractivity contribution in [1.29, 1.82) is 0 Å². The molecule has 3 rings (SSSR count). The number of nitrogens with one attached hydrogen (secondary N) is 2. The van der Waals surface area contributed by atoms with Gasteiger partial charge in [-0.3, -0.25) is 10.1 Å². The first kappa shape index (κ1) is 19.3. The minimum Gasteiger partial charge on any atom is -0.373 e. The first-order valence-corrected chi connectivity index (χ1v) is 10.9. The fraction of sp³-hybridized carbons (Fsp3) is 0.368. The normalized spacial score (nSPS) is 16.2. The van der Waals surface area contributed by atoms with Gasteiger partial charge in [-0.15, -0.1) is 0 Å². The molecule has 0 bridgehead atoms. The molecular weight excluding hydrogens is 366 g/mol. The van der Waals surface area contributed by atoms with E-state index in [1.54, 1.807) is 0 Å². The molecule has 0 aliphatic carbocycles. The summed E-state index contributed by atoms with van der Waals surface area (Å²) in [6.07, 6.45) is 3.41. The third kappa shape index (κ3) is 4.64. The molecule has 8 heteroatoms. The maximum absolute atomic E-state index is 11.7. The lowest BCUT2D eigenvalue weighted by Gasteiger charge is -2.25. The van der Waals surface area contributed by atoms with Gasteiger partial charge in [0.25, 0.3) is 5.69 Å². The molecule has 1 heterocycles. The molecule has 27 heavy (non-hydrogen) atoms. The van der Waals surface area contributed by atoms with Crippen molar-refractivity contribution in [3.05, 3.63) is 64.2 Å². The van der Waals surface area contributed by atoms with Crippen LogP contribution < -0.4 is 10.2 Å². The average molecular weight is 390 g/mol. The van der Waals surface area contributed by atoms with Crippen molar-refractivity contribution >= 4 is 21.2 Å². The van der Waals surface area contributed by atoms with Crippen molar-refractivity contribution < 1.29 is 18.2 Å². The number of nitrogens with zero attached hydrogens (tertiary/aromatic N) is 1. The van der Waals surface area contributed by atoms with Crippen molar-refractivity contribution in [2.24, 2.45) is 0 Å². The zero-order valence-electron chi connectivity index (χ0n) is 15.2. The van der Waals surface area contributed by atoms with Gasteiger partial charge in [0.1, 0.15) is 11.7 Å². The van der Waals surface area contributed by atoms with Crippen LogP contribution in [-0.2, 0) is 9.84 Å². The molecule has 2 N–H and O–H groups in total. The molecule has 0 radical (unpaired) electrons. The molecule has 1 saturated heterocycles. The number of anilines is 1. The van der Waals surface area contributed by atoms with Gasteiger partial charge < -0.3 is 10.2 Å². The van der Waals surface area contributed by atoms with E-state index in [1.807, 2.05) is 18.2 Å². The first-order valence-electron chi connectivity index (χ1n) is 8.98. The highest BCUT2D eigenvalue weighted by atomic mass is 32.2. The summed E-state index contributed by atoms with van der Waals surface area (Å²) in [6, 6.07) is 14.3. The number of hydrogen-bond acceptors (Lipinski definition) is 5. The molecule has 1 atom stereocenters. The molecule has 7 nitrogen and oxygen atoms in total. The highest BCUT2D eigenvalue weighted by Gasteiger charge is 2.28. The quantitative estimate of drug-likeness (QED) is 0.556. The fourth-order valence-corrected chi connectivity index (χ4v) is 4.26. The predicted octanol–water partition coefficient (Wildman–Crippen LogP) is 1.83. The Morgan fingerprint density at radius 1 is 1.15 bits per heavy atom. The van der Waals surface area contributed by atoms with Gasteiger partial charge in [-0.25, -0.2) is 8.42 Å². The Labute approximate surface area is 159 Å². The Morgan fingerprint density at radius 3 is 2.41 bits per heavy atom. The van der Waals surface area contributed by atoms with E-state index in [4.69, 9.17) is 0 Å². The van der Waals surface area contributed by atoms with Crippen LogP contribution in [0.3, 0.4) is 0 Å². The molecule has 1 aliphatic heterocycles. The molecule has 2 aromatic carbocycles. The van der Waals surface area contributed by atoms with Crippen LogP contribution in [0, 0.1) is 10.1 Å². The lowest BCUT2D eigenvalue weighted by atomic mass is 10.1. The monoisotopic (exact) mass is 390 g/mol. The number of rotatable bonds is 7. The average Bonchev–Trinajstić information content (AvgIpc) is 3.16. The number of hydrogen-bond donors (Lipinski definition) is 2. The topological polar surface area (TPSA) is 93.8 Å². The maximum atomic E-state index is 11.7. The third-order valence-electron chi connectivity index (χ3n) is 5.03. The molecular formula is C19H24N3O4S+. The molecule has 0 amide bonds. The van der Waals surface area contributed by atoms with Crippen LogP contribution in [0.15, 0.2) is 53.4 Å². The molecule has 0 saturated carbocycles. The summed E-state index contributed by atoms with van der Waals surface area (Å²) in [7, 11) is -3.50. The standard InChI is InChI=1S/C19H23N3O4S/c1-27(25,26)16-9-10-17(18(13-16)22(23)24)20-14-19(21-11-5-6-12-21)15-7-3-2-4-8-15/h2-4,7-10,13,19-20H,5-6,11-12,14H2,1H3/p+1/t19-/m0/s1. The molecule has 0 aromatic heterocycles. The smallest absolute Gasteiger partial charge is 0.293 e. The van der Waals surface area contributed by atoms with Gasteiger partial charge in [-0.05, 0) is 12.1 Å². The number of benzene rings is 2. The maximum Gasteiger partial charge on any atom is 0.293 e. The van der Waals surface area contributed by atoms with E-state index in [-0.39, 0.29) is 16.6 Å². The molecule has 2 aromatic rings. The van der Waals surface area contributed by atoms with Crippen LogP contribution in [0.2, 0.25) is 0 Å². The summed E-state index contributed by atoms with van der Waals surface area (Å²) in [5.74, 6) is 0. The van der Waals surface area contributed by atoms with Crippen LogP contribution >= 0.6 is 0 Å². The van der Waals surface area contributed by atoms with Crippen molar-refractivity contribution in [2.45, 2.75) is 23.8 Å². The first-order chi connectivity index (χ1) is 12.9. The van der Waals surface area contributed by atoms with Crippen molar-refractivity contribution in [2.75, 3.05) is 31.2 Å². The minimum absolute atomic E-state index is 0.0514. The Balaban J connectivity index is 1.85. The van der Waals surface area contributed by atoms with Gasteiger partial charge in [0.15, 0.2) is 9.84 Å². The van der Waals surface area contributed by atoms with E-state index in [0.717, 1.165) is 25.4 Å². The lowest BCUT2D eigenvalue weighted by Crippen LogP contribution is -3.11. The molecule has 1 aliphatic rings. The van der Waals surface area contributed by atoms with Crippen molar-refractivity contribution in [3.63, 3.8) is 0 Å². The van der Waals surface area contributed by atoms with Crippen LogP contribution in [0.4, 0.5) is 11.4 Å². The van der Waals surface area contributed by atoms with Crippen molar-refractivity contribution in [1.82, 2.24) is 0 Å². The second kappa shape index (κ2) is 8.06. The molecule has 0 spiro atoms. The number of nitro benzene ring substituents is 1. The zero-order chi connectivity index (χ0) is 19.4. The van der Waals surface area contributed by atoms with Crippen LogP contribution in [0.5, 0.6) is 0 Å². The van der Waals surface area contributed by atoms with Crippen LogP contribution in [-0.4, -0.2) is 39.2 Å². The molecule has 144 valence electrons. The molecule has 0 unspecified atom stereocenters. The van der Waals surface area contributed by atoms with E-state index < -0.39 is 14.8 Å². The Kier molecular flexibility index (Phi) is 5.76. The summed E-state index contributed by atoms with van der Waals surface area (Å²) in [5.41, 5.74) is 1.31. The van der Waals surface area contributed by atoms with Gasteiger partial charge >= 0.3 is 0 Å². The lowest BCUT2D eigenvalue weighted by molar-refractivity contribution is -0.917.